The lowest BCUT2D eigenvalue weighted by atomic mass is 9.67. The maximum Gasteiger partial charge on any atom is 0.0713 e. The van der Waals surface area contributed by atoms with Crippen molar-refractivity contribution in [1.82, 2.24) is 0 Å². The zero-order valence-electron chi connectivity index (χ0n) is 16.7. The molecule has 0 atom stereocenters. The Bertz CT molecular complexity index is 1140. The molecule has 0 saturated heterocycles. The van der Waals surface area contributed by atoms with Crippen LogP contribution < -0.4 is 0 Å². The average molecular weight is 486 g/mol. The molecule has 29 heavy (non-hydrogen) atoms. The molecule has 0 N–H and O–H groups in total. The van der Waals surface area contributed by atoms with Crippen molar-refractivity contribution < 1.29 is 0 Å². The molecule has 142 valence electrons. The molecule has 1 heteroatoms. The van der Waals surface area contributed by atoms with Gasteiger partial charge in [0.1, 0.15) is 0 Å². The zero-order valence-corrected chi connectivity index (χ0v) is 18.9. The van der Waals surface area contributed by atoms with Gasteiger partial charge in [-0.15, -0.1) is 0 Å². The summed E-state index contributed by atoms with van der Waals surface area (Å²) < 4.78 is 1.01. The van der Waals surface area contributed by atoms with Crippen molar-refractivity contribution in [2.45, 2.75) is 23.7 Å². The highest BCUT2D eigenvalue weighted by molar-refractivity contribution is 14.1. The summed E-state index contributed by atoms with van der Waals surface area (Å²) in [4.78, 5) is 0. The maximum absolute atomic E-state index is 2.47. The second-order valence-corrected chi connectivity index (χ2v) is 8.80. The average Bonchev–Trinajstić information content (AvgIpc) is 3.05. The highest BCUT2D eigenvalue weighted by atomic mass is 127. The quantitative estimate of drug-likeness (QED) is 0.182. The Morgan fingerprint density at radius 3 is 1.76 bits per heavy atom. The molecule has 0 bridgehead atoms. The summed E-state index contributed by atoms with van der Waals surface area (Å²) in [5.74, 6) is 0. The van der Waals surface area contributed by atoms with Crippen molar-refractivity contribution in [2.24, 2.45) is 0 Å². The van der Waals surface area contributed by atoms with Gasteiger partial charge in [-0.2, -0.15) is 0 Å². The minimum absolute atomic E-state index is 0.283. The van der Waals surface area contributed by atoms with Crippen LogP contribution in [0.25, 0.3) is 11.1 Å². The molecule has 4 aromatic carbocycles. The fraction of sp³-hybridized carbons (Fsp3) is 0.143. The first-order chi connectivity index (χ1) is 14.1. The highest BCUT2D eigenvalue weighted by Gasteiger charge is 2.45. The van der Waals surface area contributed by atoms with Gasteiger partial charge in [0.15, 0.2) is 0 Å². The predicted octanol–water partition coefficient (Wildman–Crippen LogP) is 7.60. The van der Waals surface area contributed by atoms with Crippen LogP contribution >= 0.6 is 22.6 Å². The van der Waals surface area contributed by atoms with Crippen LogP contribution in [-0.2, 0) is 9.84 Å². The van der Waals surface area contributed by atoms with Crippen LogP contribution in [0.3, 0.4) is 0 Å². The van der Waals surface area contributed by atoms with Crippen molar-refractivity contribution in [2.75, 3.05) is 0 Å². The molecular weight excluding hydrogens is 463 g/mol. The molecule has 0 amide bonds. The molecule has 0 spiro atoms. The molecule has 0 aliphatic heterocycles. The van der Waals surface area contributed by atoms with Crippen LogP contribution in [0, 0.1) is 13.8 Å². The first-order valence-electron chi connectivity index (χ1n) is 10.1. The topological polar surface area (TPSA) is 0 Å². The normalized spacial score (nSPS) is 13.8. The van der Waals surface area contributed by atoms with Gasteiger partial charge in [0.2, 0.25) is 0 Å². The van der Waals surface area contributed by atoms with E-state index in [4.69, 9.17) is 0 Å². The minimum atomic E-state index is -0.283. The van der Waals surface area contributed by atoms with Crippen LogP contribution in [0.15, 0.2) is 91.0 Å². The largest absolute Gasteiger partial charge is 0.0812 e. The van der Waals surface area contributed by atoms with Gasteiger partial charge in [-0.3, -0.25) is 0 Å². The molecule has 0 nitrogen and oxygen atoms in total. The van der Waals surface area contributed by atoms with E-state index in [9.17, 15) is 0 Å². The smallest absolute Gasteiger partial charge is 0.0713 e. The summed E-state index contributed by atoms with van der Waals surface area (Å²) in [5.41, 5.74) is 11.8. The summed E-state index contributed by atoms with van der Waals surface area (Å²) in [6.07, 6.45) is 0. The van der Waals surface area contributed by atoms with E-state index in [1.165, 1.54) is 50.1 Å². The van der Waals surface area contributed by atoms with Gasteiger partial charge in [0.05, 0.1) is 5.41 Å². The zero-order chi connectivity index (χ0) is 20.0. The van der Waals surface area contributed by atoms with Gasteiger partial charge in [-0.1, -0.05) is 125 Å². The van der Waals surface area contributed by atoms with E-state index in [2.05, 4.69) is 127 Å². The number of fused-ring (bicyclic) bond motifs is 3. The van der Waals surface area contributed by atoms with Crippen LogP contribution in [-0.4, -0.2) is 0 Å². The third kappa shape index (κ3) is 2.78. The van der Waals surface area contributed by atoms with Crippen molar-refractivity contribution in [3.63, 3.8) is 0 Å². The van der Waals surface area contributed by atoms with Crippen molar-refractivity contribution in [3.05, 3.63) is 130 Å². The number of hydrogen-bond donors (Lipinski definition) is 0. The molecule has 4 aromatic rings. The van der Waals surface area contributed by atoms with Crippen molar-refractivity contribution >= 4 is 22.6 Å². The van der Waals surface area contributed by atoms with Gasteiger partial charge in [-0.25, -0.2) is 0 Å². The fourth-order valence-corrected chi connectivity index (χ4v) is 5.28. The van der Waals surface area contributed by atoms with Gasteiger partial charge < -0.3 is 0 Å². The standard InChI is InChI=1S/C28H23I/c1-19-7-12-22(13-8-19)28(23-14-9-20(2)10-15-23)26-6-4-3-5-24(26)25-16-11-21(18-29)17-27(25)28/h3-17H,18H2,1-2H3. The lowest BCUT2D eigenvalue weighted by Gasteiger charge is -2.34. The Kier molecular flexibility index (Phi) is 4.59. The molecular formula is C28H23I. The Morgan fingerprint density at radius 1 is 0.621 bits per heavy atom. The third-order valence-corrected chi connectivity index (χ3v) is 7.11. The molecule has 5 rings (SSSR count). The Balaban J connectivity index is 1.94. The van der Waals surface area contributed by atoms with E-state index >= 15 is 0 Å². The van der Waals surface area contributed by atoms with Gasteiger partial charge in [0.25, 0.3) is 0 Å². The summed E-state index contributed by atoms with van der Waals surface area (Å²) in [6.45, 7) is 4.32. The SMILES string of the molecule is Cc1ccc(C2(c3ccc(C)cc3)c3ccccc3-c3ccc(CI)cc32)cc1. The predicted molar refractivity (Wildman–Crippen MR) is 131 cm³/mol. The number of benzene rings is 4. The summed E-state index contributed by atoms with van der Waals surface area (Å²) in [5, 5.41) is 0. The number of rotatable bonds is 3. The van der Waals surface area contributed by atoms with Gasteiger partial charge >= 0.3 is 0 Å². The van der Waals surface area contributed by atoms with Crippen LogP contribution in [0.5, 0.6) is 0 Å². The van der Waals surface area contributed by atoms with Crippen LogP contribution in [0.4, 0.5) is 0 Å². The van der Waals surface area contributed by atoms with Crippen LogP contribution in [0.1, 0.15) is 38.9 Å². The van der Waals surface area contributed by atoms with E-state index in [-0.39, 0.29) is 5.41 Å². The van der Waals surface area contributed by atoms with E-state index in [1.54, 1.807) is 0 Å². The van der Waals surface area contributed by atoms with Gasteiger partial charge in [0, 0.05) is 4.43 Å². The molecule has 0 aromatic heterocycles. The van der Waals surface area contributed by atoms with Crippen molar-refractivity contribution in [1.29, 1.82) is 0 Å². The number of alkyl halides is 1. The molecule has 1 aliphatic rings. The lowest BCUT2D eigenvalue weighted by molar-refractivity contribution is 0.766. The Labute approximate surface area is 186 Å². The molecule has 0 heterocycles. The van der Waals surface area contributed by atoms with E-state index in [0.717, 1.165) is 4.43 Å². The Hall–Kier alpha value is -2.39. The Morgan fingerprint density at radius 2 is 1.17 bits per heavy atom. The number of aryl methyl sites for hydroxylation is 2. The van der Waals surface area contributed by atoms with Gasteiger partial charge in [-0.05, 0) is 52.8 Å². The number of halogens is 1. The van der Waals surface area contributed by atoms with E-state index < -0.39 is 0 Å². The highest BCUT2D eigenvalue weighted by Crippen LogP contribution is 2.56. The first-order valence-corrected chi connectivity index (χ1v) is 11.6. The summed E-state index contributed by atoms with van der Waals surface area (Å²) in [7, 11) is 0. The van der Waals surface area contributed by atoms with Crippen LogP contribution in [0.2, 0.25) is 0 Å². The van der Waals surface area contributed by atoms with E-state index in [1.807, 2.05) is 0 Å². The fourth-order valence-electron chi connectivity index (χ4n) is 4.81. The lowest BCUT2D eigenvalue weighted by Crippen LogP contribution is -2.28. The number of hydrogen-bond acceptors (Lipinski definition) is 0. The minimum Gasteiger partial charge on any atom is -0.0812 e. The van der Waals surface area contributed by atoms with E-state index in [0.29, 0.717) is 0 Å². The maximum atomic E-state index is 2.47. The third-order valence-electron chi connectivity index (χ3n) is 6.23. The first kappa shape index (κ1) is 18.6. The summed E-state index contributed by atoms with van der Waals surface area (Å²) >= 11 is 2.47. The molecule has 0 unspecified atom stereocenters. The molecule has 0 fully saturated rings. The second kappa shape index (κ2) is 7.14. The molecule has 0 saturated carbocycles. The second-order valence-electron chi connectivity index (χ2n) is 8.04. The molecule has 1 aliphatic carbocycles. The monoisotopic (exact) mass is 486 g/mol. The molecule has 0 radical (unpaired) electrons. The van der Waals surface area contributed by atoms with Crippen molar-refractivity contribution in [3.8, 4) is 11.1 Å². The summed E-state index contributed by atoms with van der Waals surface area (Å²) in [6, 6.07) is 34.2.